The summed E-state index contributed by atoms with van der Waals surface area (Å²) >= 11 is 1.63. The molecule has 0 bridgehead atoms. The summed E-state index contributed by atoms with van der Waals surface area (Å²) in [4.78, 5) is 7.70. The van der Waals surface area contributed by atoms with E-state index < -0.39 is 6.10 Å². The molecular weight excluding hydrogens is 368 g/mol. The normalized spacial score (nSPS) is 12.8. The minimum absolute atomic E-state index is 0.413. The van der Waals surface area contributed by atoms with Crippen LogP contribution in [0.1, 0.15) is 23.5 Å². The molecule has 1 heterocycles. The molecule has 0 radical (unpaired) electrons. The fourth-order valence-electron chi connectivity index (χ4n) is 2.91. The predicted octanol–water partition coefficient (Wildman–Crippen LogP) is 3.76. The molecule has 148 valence electrons. The van der Waals surface area contributed by atoms with Crippen molar-refractivity contribution in [3.8, 4) is 0 Å². The van der Waals surface area contributed by atoms with Crippen molar-refractivity contribution in [2.45, 2.75) is 19.6 Å². The summed E-state index contributed by atoms with van der Waals surface area (Å²) in [5.41, 5.74) is 2.30. The second-order valence-corrected chi connectivity index (χ2v) is 7.96. The third kappa shape index (κ3) is 5.24. The van der Waals surface area contributed by atoms with Gasteiger partial charge in [-0.3, -0.25) is 0 Å². The molecule has 3 rings (SSSR count). The molecule has 0 aliphatic rings. The highest BCUT2D eigenvalue weighted by molar-refractivity contribution is 7.19. The summed E-state index contributed by atoms with van der Waals surface area (Å²) in [6.07, 6.45) is -0.571. The predicted molar refractivity (Wildman–Crippen MR) is 120 cm³/mol. The Labute approximate surface area is 170 Å². The molecular formula is C22H28N4OS. The molecule has 2 aromatic carbocycles. The van der Waals surface area contributed by atoms with Crippen molar-refractivity contribution in [1.82, 2.24) is 10.6 Å². The van der Waals surface area contributed by atoms with Crippen LogP contribution in [-0.2, 0) is 6.54 Å². The Balaban J connectivity index is 1.63. The molecule has 0 saturated heterocycles. The fraction of sp³-hybridized carbons (Fsp3) is 0.318. The van der Waals surface area contributed by atoms with Crippen LogP contribution in [0.2, 0.25) is 0 Å². The monoisotopic (exact) mass is 396 g/mol. The first-order chi connectivity index (χ1) is 13.6. The zero-order valence-corrected chi connectivity index (χ0v) is 17.5. The smallest absolute Gasteiger partial charge is 0.191 e. The molecule has 0 fully saturated rings. The maximum Gasteiger partial charge on any atom is 0.191 e. The molecule has 0 spiro atoms. The van der Waals surface area contributed by atoms with Crippen molar-refractivity contribution in [2.75, 3.05) is 32.1 Å². The molecule has 0 amide bonds. The lowest BCUT2D eigenvalue weighted by Crippen LogP contribution is -2.39. The maximum absolute atomic E-state index is 10.6. The number of aliphatic imine (C=N–C) groups is 1. The van der Waals surface area contributed by atoms with Crippen LogP contribution in [0.4, 0.5) is 5.69 Å². The Kier molecular flexibility index (Phi) is 6.90. The van der Waals surface area contributed by atoms with Gasteiger partial charge in [-0.1, -0.05) is 30.3 Å². The molecule has 1 unspecified atom stereocenters. The molecule has 0 saturated carbocycles. The van der Waals surface area contributed by atoms with Gasteiger partial charge in [0.25, 0.3) is 0 Å². The molecule has 1 aromatic heterocycles. The van der Waals surface area contributed by atoms with Gasteiger partial charge >= 0.3 is 0 Å². The van der Waals surface area contributed by atoms with E-state index in [1.165, 1.54) is 10.1 Å². The average Bonchev–Trinajstić information content (AvgIpc) is 3.14. The number of hydrogen-bond donors (Lipinski definition) is 3. The van der Waals surface area contributed by atoms with Crippen molar-refractivity contribution >= 4 is 33.1 Å². The molecule has 3 aromatic rings. The first-order valence-electron chi connectivity index (χ1n) is 9.52. The minimum Gasteiger partial charge on any atom is -0.386 e. The van der Waals surface area contributed by atoms with Gasteiger partial charge in [0.1, 0.15) is 6.10 Å². The molecule has 0 aliphatic heterocycles. The number of aliphatic hydroxyl groups is 1. The Bertz CT molecular complexity index is 902. The largest absolute Gasteiger partial charge is 0.386 e. The third-order valence-corrected chi connectivity index (χ3v) is 5.64. The summed E-state index contributed by atoms with van der Waals surface area (Å²) in [5, 5.41) is 18.3. The molecule has 1 atom stereocenters. The van der Waals surface area contributed by atoms with Crippen LogP contribution in [0.3, 0.4) is 0 Å². The lowest BCUT2D eigenvalue weighted by Gasteiger charge is -2.15. The molecule has 0 aliphatic carbocycles. The van der Waals surface area contributed by atoms with Crippen LogP contribution in [0.25, 0.3) is 10.1 Å². The van der Waals surface area contributed by atoms with Crippen LogP contribution >= 0.6 is 11.3 Å². The van der Waals surface area contributed by atoms with E-state index in [0.29, 0.717) is 19.0 Å². The van der Waals surface area contributed by atoms with Crippen LogP contribution in [0.15, 0.2) is 59.6 Å². The topological polar surface area (TPSA) is 59.9 Å². The highest BCUT2D eigenvalue weighted by Crippen LogP contribution is 2.29. The van der Waals surface area contributed by atoms with Crippen molar-refractivity contribution in [1.29, 1.82) is 0 Å². The van der Waals surface area contributed by atoms with E-state index in [2.05, 4.69) is 56.9 Å². The number of benzene rings is 2. The first-order valence-corrected chi connectivity index (χ1v) is 10.3. The Morgan fingerprint density at radius 1 is 1.11 bits per heavy atom. The van der Waals surface area contributed by atoms with Crippen LogP contribution < -0.4 is 15.5 Å². The summed E-state index contributed by atoms with van der Waals surface area (Å²) < 4.78 is 1.19. The highest BCUT2D eigenvalue weighted by atomic mass is 32.1. The van der Waals surface area contributed by atoms with Crippen molar-refractivity contribution in [3.63, 3.8) is 0 Å². The van der Waals surface area contributed by atoms with Gasteiger partial charge in [-0.2, -0.15) is 0 Å². The summed E-state index contributed by atoms with van der Waals surface area (Å²) in [6, 6.07) is 18.6. The zero-order valence-electron chi connectivity index (χ0n) is 16.6. The van der Waals surface area contributed by atoms with Gasteiger partial charge in [0, 0.05) is 42.4 Å². The van der Waals surface area contributed by atoms with Gasteiger partial charge < -0.3 is 20.6 Å². The van der Waals surface area contributed by atoms with Gasteiger partial charge in [0.15, 0.2) is 5.96 Å². The zero-order chi connectivity index (χ0) is 19.9. The lowest BCUT2D eigenvalue weighted by molar-refractivity contribution is 0.184. The van der Waals surface area contributed by atoms with Crippen molar-refractivity contribution in [3.05, 3.63) is 65.0 Å². The minimum atomic E-state index is -0.571. The van der Waals surface area contributed by atoms with Crippen molar-refractivity contribution < 1.29 is 5.11 Å². The van der Waals surface area contributed by atoms with E-state index in [4.69, 9.17) is 0 Å². The number of rotatable bonds is 7. The first kappa shape index (κ1) is 20.2. The number of nitrogens with zero attached hydrogens (tertiary/aromatic N) is 2. The van der Waals surface area contributed by atoms with E-state index in [1.807, 2.05) is 39.2 Å². The quantitative estimate of drug-likeness (QED) is 0.420. The SMILES string of the molecule is CCNC(=NCc1cccc(N(C)C)c1)NCC(O)c1cc2ccccc2s1. The number of guanidine groups is 1. The second kappa shape index (κ2) is 9.57. The van der Waals surface area contributed by atoms with E-state index >= 15 is 0 Å². The van der Waals surface area contributed by atoms with Gasteiger partial charge in [0.05, 0.1) is 6.54 Å². The number of nitrogens with one attached hydrogen (secondary N) is 2. The van der Waals surface area contributed by atoms with Gasteiger partial charge in [-0.25, -0.2) is 4.99 Å². The summed E-state index contributed by atoms with van der Waals surface area (Å²) in [7, 11) is 4.06. The van der Waals surface area contributed by atoms with Crippen LogP contribution in [0.5, 0.6) is 0 Å². The summed E-state index contributed by atoms with van der Waals surface area (Å²) in [6.45, 7) is 3.79. The second-order valence-electron chi connectivity index (χ2n) is 6.84. The van der Waals surface area contributed by atoms with Crippen LogP contribution in [-0.4, -0.2) is 38.3 Å². The number of fused-ring (bicyclic) bond motifs is 1. The number of anilines is 1. The Morgan fingerprint density at radius 3 is 2.68 bits per heavy atom. The lowest BCUT2D eigenvalue weighted by atomic mass is 10.2. The van der Waals surface area contributed by atoms with Gasteiger partial charge in [-0.05, 0) is 42.1 Å². The standard InChI is InChI=1S/C22H28N4OS/c1-4-23-22(24-14-16-8-7-10-18(12-16)26(2)3)25-15-19(27)21-13-17-9-5-6-11-20(17)28-21/h5-13,19,27H,4,14-15H2,1-3H3,(H2,23,24,25). The average molecular weight is 397 g/mol. The van der Waals surface area contributed by atoms with Crippen molar-refractivity contribution in [2.24, 2.45) is 4.99 Å². The van der Waals surface area contributed by atoms with Gasteiger partial charge in [0.2, 0.25) is 0 Å². The van der Waals surface area contributed by atoms with E-state index in [-0.39, 0.29) is 0 Å². The Morgan fingerprint density at radius 2 is 1.93 bits per heavy atom. The van der Waals surface area contributed by atoms with Gasteiger partial charge in [-0.15, -0.1) is 11.3 Å². The molecule has 5 nitrogen and oxygen atoms in total. The molecule has 28 heavy (non-hydrogen) atoms. The third-order valence-electron chi connectivity index (χ3n) is 4.43. The van der Waals surface area contributed by atoms with E-state index in [9.17, 15) is 5.11 Å². The van der Waals surface area contributed by atoms with E-state index in [1.54, 1.807) is 11.3 Å². The number of hydrogen-bond acceptors (Lipinski definition) is 4. The van der Waals surface area contributed by atoms with E-state index in [0.717, 1.165) is 22.7 Å². The molecule has 6 heteroatoms. The molecule has 3 N–H and O–H groups in total. The number of thiophene rings is 1. The Hall–Kier alpha value is -2.57. The highest BCUT2D eigenvalue weighted by Gasteiger charge is 2.12. The number of aliphatic hydroxyl groups excluding tert-OH is 1. The fourth-order valence-corrected chi connectivity index (χ4v) is 3.96. The summed E-state index contributed by atoms with van der Waals surface area (Å²) in [5.74, 6) is 0.706. The maximum atomic E-state index is 10.6. The van der Waals surface area contributed by atoms with Crippen LogP contribution in [0, 0.1) is 0 Å².